The van der Waals surface area contributed by atoms with Crippen LogP contribution in [-0.2, 0) is 10.0 Å². The van der Waals surface area contributed by atoms with Crippen molar-refractivity contribution in [2.75, 3.05) is 35.8 Å². The number of anilines is 2. The van der Waals surface area contributed by atoms with Crippen molar-refractivity contribution in [1.82, 2.24) is 9.88 Å². The molecule has 1 aliphatic carbocycles. The number of sulfonamides is 1. The number of rotatable bonds is 5. The molecule has 34 heavy (non-hydrogen) atoms. The van der Waals surface area contributed by atoms with E-state index in [2.05, 4.69) is 19.5 Å². The van der Waals surface area contributed by atoms with E-state index in [1.54, 1.807) is 13.0 Å². The van der Waals surface area contributed by atoms with Crippen molar-refractivity contribution < 1.29 is 17.2 Å². The maximum absolute atomic E-state index is 15.5. The summed E-state index contributed by atoms with van der Waals surface area (Å²) in [6.07, 6.45) is 7.08. The molecule has 1 saturated carbocycles. The number of hydrogen-bond donors (Lipinski definition) is 1. The van der Waals surface area contributed by atoms with Crippen molar-refractivity contribution in [3.63, 3.8) is 0 Å². The van der Waals surface area contributed by atoms with E-state index in [-0.39, 0.29) is 21.8 Å². The summed E-state index contributed by atoms with van der Waals surface area (Å²) in [5.74, 6) is -2.06. The molecule has 2 aromatic rings. The molecule has 1 aromatic carbocycles. The Morgan fingerprint density at radius 3 is 2.65 bits per heavy atom. The molecule has 1 aromatic heterocycles. The van der Waals surface area contributed by atoms with Crippen LogP contribution < -0.4 is 9.62 Å². The highest BCUT2D eigenvalue weighted by molar-refractivity contribution is 7.92. The fourth-order valence-corrected chi connectivity index (χ4v) is 7.89. The van der Waals surface area contributed by atoms with Gasteiger partial charge in [0.25, 0.3) is 10.0 Å². The van der Waals surface area contributed by atoms with Crippen LogP contribution in [0.15, 0.2) is 29.2 Å². The average molecular weight is 511 g/mol. The van der Waals surface area contributed by atoms with Gasteiger partial charge in [-0.15, -0.1) is 0 Å². The summed E-state index contributed by atoms with van der Waals surface area (Å²) in [6.45, 7) is 5.41. The third kappa shape index (κ3) is 4.16. The van der Waals surface area contributed by atoms with Crippen LogP contribution in [0.4, 0.5) is 20.3 Å². The van der Waals surface area contributed by atoms with Crippen LogP contribution in [0.25, 0.3) is 0 Å². The highest BCUT2D eigenvalue weighted by Gasteiger charge is 2.50. The average Bonchev–Trinajstić information content (AvgIpc) is 3.52. The summed E-state index contributed by atoms with van der Waals surface area (Å²) < 4.78 is 56.9. The Labute approximate surface area is 204 Å². The maximum Gasteiger partial charge on any atom is 0.266 e. The Hall–Kier alpha value is -1.97. The Bertz CT molecular complexity index is 1210. The van der Waals surface area contributed by atoms with Gasteiger partial charge in [0.15, 0.2) is 5.82 Å². The van der Waals surface area contributed by atoms with Crippen LogP contribution in [0.3, 0.4) is 0 Å². The van der Waals surface area contributed by atoms with E-state index in [1.807, 2.05) is 0 Å². The van der Waals surface area contributed by atoms with Crippen molar-refractivity contribution in [3.8, 4) is 0 Å². The normalized spacial score (nSPS) is 25.5. The number of likely N-dealkylation sites (tertiary alicyclic amines) is 1. The molecule has 1 N–H and O–H groups in total. The molecule has 184 valence electrons. The number of halogens is 3. The third-order valence-corrected chi connectivity index (χ3v) is 9.59. The number of hydrogen-bond acceptors (Lipinski definition) is 5. The van der Waals surface area contributed by atoms with Gasteiger partial charge >= 0.3 is 0 Å². The van der Waals surface area contributed by atoms with Gasteiger partial charge < -0.3 is 4.90 Å². The van der Waals surface area contributed by atoms with Crippen LogP contribution in [-0.4, -0.2) is 50.5 Å². The molecule has 0 radical (unpaired) electrons. The molecule has 1 spiro atoms. The van der Waals surface area contributed by atoms with Crippen molar-refractivity contribution in [2.24, 2.45) is 5.41 Å². The maximum atomic E-state index is 15.5. The van der Waals surface area contributed by atoms with Gasteiger partial charge in [-0.1, -0.05) is 24.1 Å². The van der Waals surface area contributed by atoms with Crippen molar-refractivity contribution in [1.29, 1.82) is 0 Å². The van der Waals surface area contributed by atoms with Gasteiger partial charge in [-0.25, -0.2) is 17.8 Å². The first kappa shape index (κ1) is 23.8. The van der Waals surface area contributed by atoms with Crippen LogP contribution in [0.5, 0.6) is 0 Å². The molecule has 10 heteroatoms. The molecule has 0 unspecified atom stereocenters. The number of pyridine rings is 1. The largest absolute Gasteiger partial charge is 0.370 e. The van der Waals surface area contributed by atoms with Crippen molar-refractivity contribution >= 4 is 33.1 Å². The molecule has 5 rings (SSSR count). The van der Waals surface area contributed by atoms with E-state index >= 15 is 4.39 Å². The van der Waals surface area contributed by atoms with Crippen molar-refractivity contribution in [2.45, 2.75) is 56.4 Å². The zero-order chi connectivity index (χ0) is 24.1. The lowest BCUT2D eigenvalue weighted by molar-refractivity contribution is 0.126. The van der Waals surface area contributed by atoms with Gasteiger partial charge in [-0.05, 0) is 75.9 Å². The van der Waals surface area contributed by atoms with Crippen LogP contribution >= 0.6 is 11.6 Å². The van der Waals surface area contributed by atoms with E-state index in [4.69, 9.17) is 11.6 Å². The van der Waals surface area contributed by atoms with E-state index in [1.165, 1.54) is 37.8 Å². The zero-order valence-corrected chi connectivity index (χ0v) is 20.7. The Morgan fingerprint density at radius 1 is 1.15 bits per heavy atom. The summed E-state index contributed by atoms with van der Waals surface area (Å²) in [4.78, 5) is 7.70. The monoisotopic (exact) mass is 510 g/mol. The lowest BCUT2D eigenvalue weighted by atomic mass is 9.81. The number of benzene rings is 1. The first-order chi connectivity index (χ1) is 16.2. The first-order valence-corrected chi connectivity index (χ1v) is 13.7. The second-order valence-corrected chi connectivity index (χ2v) is 11.8. The molecule has 3 fully saturated rings. The fourth-order valence-electron chi connectivity index (χ4n) is 6.25. The summed E-state index contributed by atoms with van der Waals surface area (Å²) in [5, 5.41) is -0.203. The predicted molar refractivity (Wildman–Crippen MR) is 129 cm³/mol. The van der Waals surface area contributed by atoms with E-state index in [0.29, 0.717) is 11.7 Å². The van der Waals surface area contributed by atoms with Gasteiger partial charge in [-0.3, -0.25) is 9.62 Å². The summed E-state index contributed by atoms with van der Waals surface area (Å²) >= 11 is 6.45. The van der Waals surface area contributed by atoms with Gasteiger partial charge in [0, 0.05) is 24.5 Å². The molecule has 2 aliphatic heterocycles. The van der Waals surface area contributed by atoms with Gasteiger partial charge in [0.1, 0.15) is 15.7 Å². The van der Waals surface area contributed by atoms with Crippen LogP contribution in [0.2, 0.25) is 5.02 Å². The van der Waals surface area contributed by atoms with Gasteiger partial charge in [0.2, 0.25) is 5.95 Å². The molecule has 0 bridgehead atoms. The standard InChI is InChI=1S/C24H29ClF2N4O2S/c1-16-14-17(31-13-10-24(15-31)9-5-6-18(24)30-11-2-3-12-30)21(25)22(27)23(16)34(32,33)29-20-8-4-7-19(26)28-20/h4,7-8,14,18H,2-3,5-6,9-13,15H2,1H3,(H,28,29)/t18-,24-/m1/s1. The molecule has 0 amide bonds. The summed E-state index contributed by atoms with van der Waals surface area (Å²) in [6, 6.07) is 5.91. The third-order valence-electron chi connectivity index (χ3n) is 7.72. The van der Waals surface area contributed by atoms with E-state index < -0.39 is 26.7 Å². The molecule has 3 heterocycles. The molecular weight excluding hydrogens is 482 g/mol. The minimum Gasteiger partial charge on any atom is -0.370 e. The van der Waals surface area contributed by atoms with Gasteiger partial charge in [0.05, 0.1) is 5.69 Å². The van der Waals surface area contributed by atoms with Crippen LogP contribution in [0.1, 0.15) is 44.1 Å². The topological polar surface area (TPSA) is 65.5 Å². The molecule has 6 nitrogen and oxygen atoms in total. The van der Waals surface area contributed by atoms with E-state index in [9.17, 15) is 12.8 Å². The van der Waals surface area contributed by atoms with Crippen molar-refractivity contribution in [3.05, 3.63) is 46.6 Å². The predicted octanol–water partition coefficient (Wildman–Crippen LogP) is 4.97. The first-order valence-electron chi connectivity index (χ1n) is 11.8. The highest BCUT2D eigenvalue weighted by atomic mass is 35.5. The number of nitrogens with one attached hydrogen (secondary N) is 1. The smallest absolute Gasteiger partial charge is 0.266 e. The number of aromatic nitrogens is 1. The molecule has 2 saturated heterocycles. The Kier molecular flexibility index (Phi) is 6.23. The molecule has 3 aliphatic rings. The lowest BCUT2D eigenvalue weighted by Gasteiger charge is -2.38. The second-order valence-electron chi connectivity index (χ2n) is 9.81. The molecule has 2 atom stereocenters. The summed E-state index contributed by atoms with van der Waals surface area (Å²) in [5.41, 5.74) is 0.945. The second kappa shape index (κ2) is 8.91. The highest BCUT2D eigenvalue weighted by Crippen LogP contribution is 2.50. The van der Waals surface area contributed by atoms with E-state index in [0.717, 1.165) is 45.1 Å². The minimum atomic E-state index is -4.36. The fraction of sp³-hybridized carbons (Fsp3) is 0.542. The van der Waals surface area contributed by atoms with Gasteiger partial charge in [-0.2, -0.15) is 4.39 Å². The number of aryl methyl sites for hydroxylation is 1. The number of nitrogens with zero attached hydrogens (tertiary/aromatic N) is 3. The Morgan fingerprint density at radius 2 is 1.91 bits per heavy atom. The molecular formula is C24H29ClF2N4O2S. The quantitative estimate of drug-likeness (QED) is 0.575. The zero-order valence-electron chi connectivity index (χ0n) is 19.2. The minimum absolute atomic E-state index is 0.174. The summed E-state index contributed by atoms with van der Waals surface area (Å²) in [7, 11) is -4.36. The lowest BCUT2D eigenvalue weighted by Crippen LogP contribution is -2.44. The van der Waals surface area contributed by atoms with Crippen LogP contribution in [0, 0.1) is 24.1 Å². The SMILES string of the molecule is Cc1cc(N2CC[C@]3(CCC[C@H]3N3CCCC3)C2)c(Cl)c(F)c1S(=O)(=O)Nc1cccc(F)n1. The Balaban J connectivity index is 1.42.